The van der Waals surface area contributed by atoms with Crippen LogP contribution in [0.25, 0.3) is 0 Å². The molecule has 1 aromatic rings. The van der Waals surface area contributed by atoms with Crippen molar-refractivity contribution in [2.45, 2.75) is 23.5 Å². The lowest BCUT2D eigenvalue weighted by Crippen LogP contribution is -2.32. The molecule has 0 spiro atoms. The molecule has 0 saturated carbocycles. The number of carbonyl (C=O) groups is 1. The molecule has 3 nitrogen and oxygen atoms in total. The molecular weight excluding hydrogens is 232 g/mol. The fraction of sp³-hybridized carbons (Fsp3) is 0.308. The number of rotatable bonds is 6. The largest absolute Gasteiger partial charge is 0.399 e. The zero-order valence-corrected chi connectivity index (χ0v) is 10.8. The smallest absolute Gasteiger partial charge is 0.233 e. The van der Waals surface area contributed by atoms with Crippen LogP contribution in [0.2, 0.25) is 0 Å². The Morgan fingerprint density at radius 2 is 2.18 bits per heavy atom. The molecule has 17 heavy (non-hydrogen) atoms. The first kappa shape index (κ1) is 13.6. The second-order valence-corrected chi connectivity index (χ2v) is 4.89. The van der Waals surface area contributed by atoms with E-state index in [1.807, 2.05) is 31.2 Å². The van der Waals surface area contributed by atoms with Crippen LogP contribution >= 0.6 is 11.8 Å². The van der Waals surface area contributed by atoms with Crippen molar-refractivity contribution in [1.29, 1.82) is 0 Å². The summed E-state index contributed by atoms with van der Waals surface area (Å²) in [5, 5.41) is 2.74. The molecule has 0 heterocycles. The van der Waals surface area contributed by atoms with Crippen LogP contribution in [0.4, 0.5) is 5.69 Å². The van der Waals surface area contributed by atoms with Gasteiger partial charge in [0.05, 0.1) is 5.25 Å². The second kappa shape index (κ2) is 7.01. The van der Waals surface area contributed by atoms with Crippen molar-refractivity contribution >= 4 is 23.4 Å². The molecule has 1 unspecified atom stereocenters. The van der Waals surface area contributed by atoms with Gasteiger partial charge >= 0.3 is 0 Å². The number of nitrogens with one attached hydrogen (secondary N) is 1. The third-order valence-electron chi connectivity index (χ3n) is 2.24. The average molecular weight is 250 g/mol. The van der Waals surface area contributed by atoms with E-state index in [9.17, 15) is 4.79 Å². The van der Waals surface area contributed by atoms with Crippen LogP contribution in [0.5, 0.6) is 0 Å². The van der Waals surface area contributed by atoms with Gasteiger partial charge in [0.2, 0.25) is 5.91 Å². The van der Waals surface area contributed by atoms with Gasteiger partial charge in [-0.05, 0) is 30.7 Å². The lowest BCUT2D eigenvalue weighted by Gasteiger charge is -2.13. The highest BCUT2D eigenvalue weighted by atomic mass is 32.2. The first-order valence-electron chi connectivity index (χ1n) is 5.58. The Bertz CT molecular complexity index is 376. The molecule has 0 saturated heterocycles. The summed E-state index contributed by atoms with van der Waals surface area (Å²) in [6, 6.07) is 7.56. The quantitative estimate of drug-likeness (QED) is 0.463. The molecule has 0 radical (unpaired) electrons. The van der Waals surface area contributed by atoms with Gasteiger partial charge in [0.1, 0.15) is 0 Å². The number of anilines is 1. The first-order chi connectivity index (χ1) is 8.17. The third-order valence-corrected chi connectivity index (χ3v) is 3.62. The summed E-state index contributed by atoms with van der Waals surface area (Å²) in [7, 11) is 0. The van der Waals surface area contributed by atoms with Crippen LogP contribution in [0.3, 0.4) is 0 Å². The van der Waals surface area contributed by atoms with Crippen LogP contribution in [-0.4, -0.2) is 17.7 Å². The second-order valence-electron chi connectivity index (χ2n) is 3.62. The Labute approximate surface area is 106 Å². The van der Waals surface area contributed by atoms with Crippen molar-refractivity contribution in [3.05, 3.63) is 36.9 Å². The van der Waals surface area contributed by atoms with Crippen molar-refractivity contribution in [1.82, 2.24) is 5.32 Å². The molecule has 3 N–H and O–H groups in total. The molecule has 0 fully saturated rings. The molecule has 0 aliphatic rings. The van der Waals surface area contributed by atoms with E-state index in [-0.39, 0.29) is 11.2 Å². The van der Waals surface area contributed by atoms with E-state index >= 15 is 0 Å². The molecular formula is C13H18N2OS. The van der Waals surface area contributed by atoms with Crippen LogP contribution in [0.1, 0.15) is 13.3 Å². The minimum Gasteiger partial charge on any atom is -0.399 e. The van der Waals surface area contributed by atoms with Crippen molar-refractivity contribution in [2.24, 2.45) is 0 Å². The zero-order chi connectivity index (χ0) is 12.7. The number of carbonyl (C=O) groups excluding carboxylic acids is 1. The van der Waals surface area contributed by atoms with Crippen molar-refractivity contribution in [3.63, 3.8) is 0 Å². The Morgan fingerprint density at radius 1 is 1.53 bits per heavy atom. The topological polar surface area (TPSA) is 55.1 Å². The van der Waals surface area contributed by atoms with Crippen LogP contribution in [0, 0.1) is 0 Å². The van der Waals surface area contributed by atoms with E-state index in [0.717, 1.165) is 17.0 Å². The van der Waals surface area contributed by atoms with Crippen LogP contribution < -0.4 is 11.1 Å². The summed E-state index contributed by atoms with van der Waals surface area (Å²) >= 11 is 1.55. The summed E-state index contributed by atoms with van der Waals surface area (Å²) in [6.45, 7) is 6.09. The summed E-state index contributed by atoms with van der Waals surface area (Å²) in [4.78, 5) is 12.9. The molecule has 0 aliphatic carbocycles. The van der Waals surface area contributed by atoms with Gasteiger partial charge in [-0.3, -0.25) is 4.79 Å². The average Bonchev–Trinajstić information content (AvgIpc) is 2.35. The lowest BCUT2D eigenvalue weighted by atomic mass is 10.3. The minimum absolute atomic E-state index is 0.0502. The van der Waals surface area contributed by atoms with E-state index in [4.69, 9.17) is 5.73 Å². The molecule has 1 amide bonds. The van der Waals surface area contributed by atoms with E-state index in [0.29, 0.717) is 6.54 Å². The van der Waals surface area contributed by atoms with Crippen molar-refractivity contribution in [2.75, 3.05) is 12.3 Å². The van der Waals surface area contributed by atoms with Gasteiger partial charge in [-0.25, -0.2) is 0 Å². The molecule has 0 bridgehead atoms. The SMILES string of the molecule is C=CCNC(=O)C(CC)Sc1ccc(N)cc1. The summed E-state index contributed by atoms with van der Waals surface area (Å²) in [6.07, 6.45) is 2.47. The highest BCUT2D eigenvalue weighted by Gasteiger charge is 2.16. The van der Waals surface area contributed by atoms with Gasteiger partial charge in [0, 0.05) is 17.1 Å². The molecule has 0 aliphatic heterocycles. The van der Waals surface area contributed by atoms with Gasteiger partial charge in [-0.2, -0.15) is 0 Å². The predicted octanol–water partition coefficient (Wildman–Crippen LogP) is 2.44. The van der Waals surface area contributed by atoms with Crippen LogP contribution in [-0.2, 0) is 4.79 Å². The van der Waals surface area contributed by atoms with Crippen molar-refractivity contribution in [3.8, 4) is 0 Å². The number of benzene rings is 1. The Morgan fingerprint density at radius 3 is 2.71 bits per heavy atom. The highest BCUT2D eigenvalue weighted by Crippen LogP contribution is 2.26. The maximum Gasteiger partial charge on any atom is 0.233 e. The van der Waals surface area contributed by atoms with Gasteiger partial charge in [0.25, 0.3) is 0 Å². The standard InChI is InChI=1S/C13H18N2OS/c1-3-9-15-13(16)12(4-2)17-11-7-5-10(14)6-8-11/h3,5-8,12H,1,4,9,14H2,2H3,(H,15,16). The normalized spacial score (nSPS) is 11.8. The maximum atomic E-state index is 11.8. The Kier molecular flexibility index (Phi) is 5.63. The molecule has 1 atom stereocenters. The van der Waals surface area contributed by atoms with E-state index in [1.54, 1.807) is 17.8 Å². The number of thioether (sulfide) groups is 1. The zero-order valence-electron chi connectivity index (χ0n) is 9.98. The Balaban J connectivity index is 2.59. The van der Waals surface area contributed by atoms with Gasteiger partial charge in [0.15, 0.2) is 0 Å². The number of nitrogens with two attached hydrogens (primary N) is 1. The monoisotopic (exact) mass is 250 g/mol. The number of hydrogen-bond donors (Lipinski definition) is 2. The van der Waals surface area contributed by atoms with Gasteiger partial charge < -0.3 is 11.1 Å². The molecule has 4 heteroatoms. The van der Waals surface area contributed by atoms with E-state index in [2.05, 4.69) is 11.9 Å². The number of hydrogen-bond acceptors (Lipinski definition) is 3. The summed E-state index contributed by atoms with van der Waals surface area (Å²) < 4.78 is 0. The fourth-order valence-corrected chi connectivity index (χ4v) is 2.30. The number of nitrogen functional groups attached to an aromatic ring is 1. The fourth-order valence-electron chi connectivity index (χ4n) is 1.32. The molecule has 1 rings (SSSR count). The maximum absolute atomic E-state index is 11.8. The number of amides is 1. The highest BCUT2D eigenvalue weighted by molar-refractivity contribution is 8.00. The van der Waals surface area contributed by atoms with E-state index in [1.165, 1.54) is 0 Å². The first-order valence-corrected chi connectivity index (χ1v) is 6.46. The molecule has 0 aromatic heterocycles. The third kappa shape index (κ3) is 4.53. The molecule has 92 valence electrons. The van der Waals surface area contributed by atoms with Crippen LogP contribution in [0.15, 0.2) is 41.8 Å². The van der Waals surface area contributed by atoms with E-state index < -0.39 is 0 Å². The summed E-state index contributed by atoms with van der Waals surface area (Å²) in [5.41, 5.74) is 6.35. The van der Waals surface area contributed by atoms with Gasteiger partial charge in [-0.15, -0.1) is 18.3 Å². The lowest BCUT2D eigenvalue weighted by molar-refractivity contribution is -0.120. The minimum atomic E-state index is -0.0708. The summed E-state index contributed by atoms with van der Waals surface area (Å²) in [5.74, 6) is 0.0502. The van der Waals surface area contributed by atoms with Gasteiger partial charge in [-0.1, -0.05) is 13.0 Å². The predicted molar refractivity (Wildman–Crippen MR) is 74.0 cm³/mol. The molecule has 1 aromatic carbocycles. The van der Waals surface area contributed by atoms with Crippen molar-refractivity contribution < 1.29 is 4.79 Å². The Hall–Kier alpha value is -1.42.